The monoisotopic (exact) mass is 614 g/mol. The fourth-order valence-corrected chi connectivity index (χ4v) is 11.7. The van der Waals surface area contributed by atoms with E-state index in [4.69, 9.17) is 4.74 Å². The number of rotatable bonds is 6. The van der Waals surface area contributed by atoms with Crippen LogP contribution in [0.2, 0.25) is 0 Å². The van der Waals surface area contributed by atoms with E-state index in [2.05, 4.69) is 56.9 Å². The van der Waals surface area contributed by atoms with E-state index in [1.807, 2.05) is 18.0 Å². The van der Waals surface area contributed by atoms with Gasteiger partial charge in [-0.05, 0) is 105 Å². The van der Waals surface area contributed by atoms with Crippen molar-refractivity contribution in [2.75, 3.05) is 26.7 Å². The lowest BCUT2D eigenvalue weighted by atomic mass is 9.52. The molecule has 10 atom stereocenters. The lowest BCUT2D eigenvalue weighted by Gasteiger charge is -2.52. The third-order valence-corrected chi connectivity index (χ3v) is 14.3. The summed E-state index contributed by atoms with van der Waals surface area (Å²) >= 11 is 0. The number of Topliss-reactive ketones (excluding diaryl/α,β-unsaturated/α-hetero) is 1. The third-order valence-electron chi connectivity index (χ3n) is 14.3. The van der Waals surface area contributed by atoms with Crippen LogP contribution in [0.3, 0.4) is 0 Å². The number of carbonyl (C=O) groups is 2. The summed E-state index contributed by atoms with van der Waals surface area (Å²) in [6.07, 6.45) is 13.0. The first-order valence-electron chi connectivity index (χ1n) is 18.5. The molecule has 0 aromatic heterocycles. The van der Waals surface area contributed by atoms with Gasteiger partial charge in [-0.2, -0.15) is 0 Å². The summed E-state index contributed by atoms with van der Waals surface area (Å²) in [6.45, 7) is 12.7. The number of ketones is 1. The van der Waals surface area contributed by atoms with Gasteiger partial charge in [-0.1, -0.05) is 62.2 Å². The number of likely N-dealkylation sites (N-methyl/N-ethyl adjacent to an activating group) is 1. The van der Waals surface area contributed by atoms with Crippen molar-refractivity contribution >= 4 is 11.7 Å². The molecule has 1 spiro atoms. The topological polar surface area (TPSA) is 49.9 Å². The van der Waals surface area contributed by atoms with Crippen molar-refractivity contribution in [2.24, 2.45) is 40.9 Å². The van der Waals surface area contributed by atoms with E-state index in [-0.39, 0.29) is 11.5 Å². The van der Waals surface area contributed by atoms with Gasteiger partial charge in [-0.25, -0.2) is 0 Å². The second-order valence-electron chi connectivity index (χ2n) is 16.8. The van der Waals surface area contributed by atoms with Crippen molar-refractivity contribution in [3.8, 4) is 0 Å². The Morgan fingerprint density at radius 1 is 1.09 bits per heavy atom. The number of hydrogen-bond acceptors (Lipinski definition) is 4. The molecule has 0 radical (unpaired) electrons. The average molecular weight is 615 g/mol. The highest BCUT2D eigenvalue weighted by molar-refractivity contribution is 5.79. The first-order valence-corrected chi connectivity index (χ1v) is 18.5. The van der Waals surface area contributed by atoms with Crippen LogP contribution in [0.15, 0.2) is 41.5 Å². The molecule has 2 saturated heterocycles. The molecule has 2 unspecified atom stereocenters. The zero-order valence-corrected chi connectivity index (χ0v) is 28.7. The summed E-state index contributed by atoms with van der Waals surface area (Å²) in [5.41, 5.74) is 4.94. The molecule has 5 fully saturated rings. The Kier molecular flexibility index (Phi) is 8.59. The second kappa shape index (κ2) is 12.2. The van der Waals surface area contributed by atoms with Crippen molar-refractivity contribution in [3.05, 3.63) is 47.0 Å². The van der Waals surface area contributed by atoms with Gasteiger partial charge >= 0.3 is 0 Å². The van der Waals surface area contributed by atoms with E-state index in [0.29, 0.717) is 53.4 Å². The largest absolute Gasteiger partial charge is 0.369 e. The van der Waals surface area contributed by atoms with Gasteiger partial charge in [-0.15, -0.1) is 0 Å². The number of nitrogens with zero attached hydrogens (tertiary/aromatic N) is 2. The predicted octanol–water partition coefficient (Wildman–Crippen LogP) is 7.48. The summed E-state index contributed by atoms with van der Waals surface area (Å²) in [5, 5.41) is 0. The van der Waals surface area contributed by atoms with Crippen LogP contribution in [-0.4, -0.2) is 65.9 Å². The first-order chi connectivity index (χ1) is 21.6. The van der Waals surface area contributed by atoms with Crippen molar-refractivity contribution in [1.29, 1.82) is 0 Å². The summed E-state index contributed by atoms with van der Waals surface area (Å²) in [6, 6.07) is 10.8. The Morgan fingerprint density at radius 3 is 2.69 bits per heavy atom. The molecule has 1 aromatic carbocycles. The van der Waals surface area contributed by atoms with E-state index in [1.54, 1.807) is 11.1 Å². The lowest BCUT2D eigenvalue weighted by Crippen LogP contribution is -2.53. The molecule has 1 aromatic rings. The van der Waals surface area contributed by atoms with Crippen LogP contribution >= 0.6 is 0 Å². The van der Waals surface area contributed by atoms with Gasteiger partial charge in [0.25, 0.3) is 0 Å². The molecule has 6 aliphatic rings. The number of hydrogen-bond donors (Lipinski definition) is 0. The Labute approximate surface area is 272 Å². The third kappa shape index (κ3) is 5.66. The highest BCUT2D eigenvalue weighted by atomic mass is 16.5. The van der Waals surface area contributed by atoms with E-state index in [0.717, 1.165) is 70.0 Å². The number of amides is 1. The predicted molar refractivity (Wildman–Crippen MR) is 180 cm³/mol. The molecule has 0 N–H and O–H groups in total. The maximum Gasteiger partial charge on any atom is 0.222 e. The number of aryl methyl sites for hydroxylation is 1. The fraction of sp³-hybridized carbons (Fsp3) is 0.750. The Morgan fingerprint density at radius 2 is 1.89 bits per heavy atom. The molecule has 5 nitrogen and oxygen atoms in total. The van der Waals surface area contributed by atoms with Gasteiger partial charge in [0.15, 0.2) is 0 Å². The minimum atomic E-state index is -0.0651. The van der Waals surface area contributed by atoms with Crippen LogP contribution in [0, 0.1) is 40.9 Å². The van der Waals surface area contributed by atoms with Gasteiger partial charge < -0.3 is 9.64 Å². The van der Waals surface area contributed by atoms with Crippen LogP contribution in [-0.2, 0) is 20.7 Å². The molecule has 3 saturated carbocycles. The zero-order chi connectivity index (χ0) is 31.5. The van der Waals surface area contributed by atoms with Gasteiger partial charge in [0.2, 0.25) is 5.91 Å². The van der Waals surface area contributed by atoms with E-state index in [1.165, 1.54) is 37.7 Å². The van der Waals surface area contributed by atoms with E-state index < -0.39 is 0 Å². The van der Waals surface area contributed by atoms with Gasteiger partial charge in [0, 0.05) is 57.9 Å². The molecule has 2 heterocycles. The van der Waals surface area contributed by atoms with Gasteiger partial charge in [-0.3, -0.25) is 14.5 Å². The Bertz CT molecular complexity index is 1310. The Hall–Kier alpha value is -1.98. The maximum atomic E-state index is 13.0. The standard InChI is InChI=1S/C40H58N2O3/c1-26-21-36-38(42(25-26)20-19-41(5)37(44)14-11-29-9-7-6-8-10-29)28(3)40(45-36)18-16-32-33-13-12-30-22-31(43)15-17-39(30,4)35(33)23-34(32)27(2)24-40/h6-10,26,28,30,32-33,35-36,38H,11-25H2,1-5H3/t26-,28+,30+,32-,33-,35?,36+,38?,39-,40-/m0/s1. The van der Waals surface area contributed by atoms with Crippen molar-refractivity contribution in [3.63, 3.8) is 0 Å². The van der Waals surface area contributed by atoms with Crippen LogP contribution in [0.4, 0.5) is 0 Å². The number of benzene rings is 1. The van der Waals surface area contributed by atoms with Crippen LogP contribution in [0.25, 0.3) is 0 Å². The number of allylic oxidation sites excluding steroid dienone is 1. The first kappa shape index (κ1) is 31.6. The number of ether oxygens (including phenoxy) is 1. The van der Waals surface area contributed by atoms with Gasteiger partial charge in [0.05, 0.1) is 11.7 Å². The molecule has 7 rings (SSSR count). The van der Waals surface area contributed by atoms with E-state index >= 15 is 0 Å². The highest BCUT2D eigenvalue weighted by Crippen LogP contribution is 2.65. The molecular weight excluding hydrogens is 556 g/mol. The molecule has 246 valence electrons. The highest BCUT2D eigenvalue weighted by Gasteiger charge is 2.60. The molecule has 1 amide bonds. The van der Waals surface area contributed by atoms with Gasteiger partial charge in [0.1, 0.15) is 5.78 Å². The molecule has 4 aliphatic carbocycles. The SMILES string of the molecule is CC1=C2CC3[C@@H](CC[C@@H]4CC(=O)CC[C@]34C)[C@@H]2CC[C@@]2(C1)O[C@@H]1C[C@H](C)CN(CCN(C)C(=O)CCc3ccccc3)C1[C@H]2C. The number of fused-ring (bicyclic) bond motifs is 6. The van der Waals surface area contributed by atoms with Crippen LogP contribution in [0.5, 0.6) is 0 Å². The number of piperidine rings is 1. The molecular formula is C40H58N2O3. The van der Waals surface area contributed by atoms with Crippen LogP contribution in [0.1, 0.15) is 104 Å². The molecule has 0 bridgehead atoms. The van der Waals surface area contributed by atoms with Crippen LogP contribution < -0.4 is 0 Å². The second-order valence-corrected chi connectivity index (χ2v) is 16.8. The molecule has 5 heteroatoms. The average Bonchev–Trinajstić information content (AvgIpc) is 3.49. The maximum absolute atomic E-state index is 13.0. The summed E-state index contributed by atoms with van der Waals surface area (Å²) < 4.78 is 7.32. The zero-order valence-electron chi connectivity index (χ0n) is 28.7. The minimum absolute atomic E-state index is 0.0651. The minimum Gasteiger partial charge on any atom is -0.369 e. The molecule has 2 aliphatic heterocycles. The smallest absolute Gasteiger partial charge is 0.222 e. The quantitative estimate of drug-likeness (QED) is 0.312. The van der Waals surface area contributed by atoms with E-state index in [9.17, 15) is 9.59 Å². The summed E-state index contributed by atoms with van der Waals surface area (Å²) in [5.74, 6) is 4.74. The summed E-state index contributed by atoms with van der Waals surface area (Å²) in [4.78, 5) is 30.1. The Balaban J connectivity index is 1.03. The summed E-state index contributed by atoms with van der Waals surface area (Å²) in [7, 11) is 1.99. The fourth-order valence-electron chi connectivity index (χ4n) is 11.7. The van der Waals surface area contributed by atoms with Crippen molar-refractivity contribution in [2.45, 2.75) is 122 Å². The molecule has 45 heavy (non-hydrogen) atoms. The number of carbonyl (C=O) groups excluding carboxylic acids is 2. The number of likely N-dealkylation sites (tertiary alicyclic amines) is 1. The van der Waals surface area contributed by atoms with Crippen molar-refractivity contribution < 1.29 is 14.3 Å². The normalized spacial score (nSPS) is 41.3. The lowest BCUT2D eigenvalue weighted by molar-refractivity contribution is -0.131. The van der Waals surface area contributed by atoms with Crippen molar-refractivity contribution in [1.82, 2.24) is 9.80 Å².